The Morgan fingerprint density at radius 3 is 2.32 bits per heavy atom. The molecule has 0 fully saturated rings. The minimum absolute atomic E-state index is 0. The lowest BCUT2D eigenvalue weighted by atomic mass is 10.1. The van der Waals surface area contributed by atoms with E-state index in [9.17, 15) is 4.39 Å². The number of ether oxygens (including phenoxy) is 1. The summed E-state index contributed by atoms with van der Waals surface area (Å²) >= 11 is 6.16. The summed E-state index contributed by atoms with van der Waals surface area (Å²) < 4.78 is 19.0. The third-order valence-electron chi connectivity index (χ3n) is 4.36. The quantitative estimate of drug-likeness (QED) is 0.444. The molecule has 0 aromatic heterocycles. The molecule has 0 saturated carbocycles. The van der Waals surface area contributed by atoms with Gasteiger partial charge in [-0.05, 0) is 61.3 Å². The van der Waals surface area contributed by atoms with Crippen molar-refractivity contribution in [1.29, 1.82) is 0 Å². The molecule has 148 valence electrons. The molecule has 28 heavy (non-hydrogen) atoms. The minimum atomic E-state index is -0.207. The minimum Gasteiger partial charge on any atom is -0.489 e. The summed E-state index contributed by atoms with van der Waals surface area (Å²) in [6, 6.07) is 20.6. The summed E-state index contributed by atoms with van der Waals surface area (Å²) in [5.41, 5.74) is 4.49. The molecule has 0 aliphatic carbocycles. The zero-order valence-corrected chi connectivity index (χ0v) is 17.3. The Bertz CT molecular complexity index is 867. The fourth-order valence-electron chi connectivity index (χ4n) is 2.78. The van der Waals surface area contributed by atoms with Crippen molar-refractivity contribution in [3.05, 3.63) is 99.8 Å². The Morgan fingerprint density at radius 1 is 0.929 bits per heavy atom. The third-order valence-corrected chi connectivity index (χ3v) is 4.59. The van der Waals surface area contributed by atoms with Crippen LogP contribution in [0.5, 0.6) is 5.75 Å². The molecule has 0 spiro atoms. The van der Waals surface area contributed by atoms with E-state index in [1.165, 1.54) is 17.7 Å². The standard InChI is InChI=1S/C23H23ClFNO.ClH/c1-17-2-4-19(5-3-17)16-27-23-11-8-21(24)14-20(23)15-26-13-12-18-6-9-22(25)10-7-18;/h2-11,14,26H,12-13,15-16H2,1H3;1H. The van der Waals surface area contributed by atoms with Crippen molar-refractivity contribution in [3.63, 3.8) is 0 Å². The first-order chi connectivity index (χ1) is 13.1. The summed E-state index contributed by atoms with van der Waals surface area (Å²) in [6.45, 7) is 4.03. The lowest BCUT2D eigenvalue weighted by molar-refractivity contribution is 0.302. The van der Waals surface area contributed by atoms with Gasteiger partial charge in [0.2, 0.25) is 0 Å². The zero-order valence-electron chi connectivity index (χ0n) is 15.8. The van der Waals surface area contributed by atoms with E-state index in [1.54, 1.807) is 0 Å². The molecule has 0 bridgehead atoms. The van der Waals surface area contributed by atoms with Gasteiger partial charge in [0.05, 0.1) is 0 Å². The molecule has 2 nitrogen and oxygen atoms in total. The summed E-state index contributed by atoms with van der Waals surface area (Å²) in [7, 11) is 0. The van der Waals surface area contributed by atoms with Gasteiger partial charge in [-0.3, -0.25) is 0 Å². The normalized spacial score (nSPS) is 10.4. The van der Waals surface area contributed by atoms with Crippen molar-refractivity contribution in [1.82, 2.24) is 5.32 Å². The lowest BCUT2D eigenvalue weighted by Gasteiger charge is -2.13. The Morgan fingerprint density at radius 2 is 1.61 bits per heavy atom. The van der Waals surface area contributed by atoms with Crippen LogP contribution in [0.3, 0.4) is 0 Å². The van der Waals surface area contributed by atoms with E-state index in [-0.39, 0.29) is 18.2 Å². The highest BCUT2D eigenvalue weighted by molar-refractivity contribution is 6.30. The van der Waals surface area contributed by atoms with E-state index >= 15 is 0 Å². The van der Waals surface area contributed by atoms with Crippen LogP contribution in [0.4, 0.5) is 4.39 Å². The molecular weight excluding hydrogens is 396 g/mol. The van der Waals surface area contributed by atoms with Crippen LogP contribution in [0, 0.1) is 12.7 Å². The number of halogens is 3. The van der Waals surface area contributed by atoms with E-state index < -0.39 is 0 Å². The third kappa shape index (κ3) is 6.83. The number of hydrogen-bond donors (Lipinski definition) is 1. The van der Waals surface area contributed by atoms with Gasteiger partial charge in [0.25, 0.3) is 0 Å². The molecule has 0 atom stereocenters. The molecule has 3 aromatic rings. The maximum Gasteiger partial charge on any atom is 0.124 e. The molecular formula is C23H24Cl2FNO. The van der Waals surface area contributed by atoms with Crippen LogP contribution in [0.25, 0.3) is 0 Å². The summed E-state index contributed by atoms with van der Waals surface area (Å²) in [5, 5.41) is 4.09. The van der Waals surface area contributed by atoms with Gasteiger partial charge in [-0.2, -0.15) is 0 Å². The fourth-order valence-corrected chi connectivity index (χ4v) is 2.97. The highest BCUT2D eigenvalue weighted by Crippen LogP contribution is 2.24. The van der Waals surface area contributed by atoms with Crippen molar-refractivity contribution in [2.24, 2.45) is 0 Å². The smallest absolute Gasteiger partial charge is 0.124 e. The van der Waals surface area contributed by atoms with Crippen LogP contribution in [-0.2, 0) is 19.6 Å². The van der Waals surface area contributed by atoms with Gasteiger partial charge in [-0.1, -0.05) is 53.6 Å². The first kappa shape index (κ1) is 22.2. The molecule has 0 heterocycles. The molecule has 0 saturated heterocycles. The van der Waals surface area contributed by atoms with Crippen LogP contribution in [0.15, 0.2) is 66.7 Å². The van der Waals surface area contributed by atoms with Crippen LogP contribution in [0.2, 0.25) is 5.02 Å². The molecule has 3 aromatic carbocycles. The molecule has 0 aliphatic heterocycles. The van der Waals surface area contributed by atoms with Crippen LogP contribution in [-0.4, -0.2) is 6.54 Å². The summed E-state index contributed by atoms with van der Waals surface area (Å²) in [4.78, 5) is 0. The van der Waals surface area contributed by atoms with Crippen LogP contribution in [0.1, 0.15) is 22.3 Å². The largest absolute Gasteiger partial charge is 0.489 e. The maximum atomic E-state index is 13.0. The molecule has 3 rings (SSSR count). The number of nitrogens with one attached hydrogen (secondary N) is 1. The van der Waals surface area contributed by atoms with Gasteiger partial charge < -0.3 is 10.1 Å². The highest BCUT2D eigenvalue weighted by atomic mass is 35.5. The molecule has 1 N–H and O–H groups in total. The SMILES string of the molecule is Cc1ccc(COc2ccc(Cl)cc2CNCCc2ccc(F)cc2)cc1.Cl. The first-order valence-electron chi connectivity index (χ1n) is 9.02. The molecule has 0 aliphatic rings. The predicted octanol–water partition coefficient (Wildman–Crippen LogP) is 6.12. The number of hydrogen-bond acceptors (Lipinski definition) is 2. The second-order valence-corrected chi connectivity index (χ2v) is 7.02. The topological polar surface area (TPSA) is 21.3 Å². The van der Waals surface area contributed by atoms with Gasteiger partial charge in [-0.15, -0.1) is 12.4 Å². The molecule has 0 radical (unpaired) electrons. The van der Waals surface area contributed by atoms with E-state index in [1.807, 2.05) is 30.3 Å². The Balaban J connectivity index is 0.00000280. The van der Waals surface area contributed by atoms with E-state index in [0.717, 1.165) is 35.4 Å². The Hall–Kier alpha value is -2.07. The molecule has 5 heteroatoms. The van der Waals surface area contributed by atoms with E-state index in [0.29, 0.717) is 18.2 Å². The van der Waals surface area contributed by atoms with Crippen molar-refractivity contribution in [3.8, 4) is 5.75 Å². The second-order valence-electron chi connectivity index (χ2n) is 6.58. The number of aryl methyl sites for hydroxylation is 1. The predicted molar refractivity (Wildman–Crippen MR) is 116 cm³/mol. The number of rotatable bonds is 8. The highest BCUT2D eigenvalue weighted by Gasteiger charge is 2.06. The lowest BCUT2D eigenvalue weighted by Crippen LogP contribution is -2.17. The number of benzene rings is 3. The average Bonchev–Trinajstić information content (AvgIpc) is 2.67. The van der Waals surface area contributed by atoms with Crippen molar-refractivity contribution < 1.29 is 9.13 Å². The summed E-state index contributed by atoms with van der Waals surface area (Å²) in [5.74, 6) is 0.621. The first-order valence-corrected chi connectivity index (χ1v) is 9.40. The van der Waals surface area contributed by atoms with Crippen LogP contribution >= 0.6 is 24.0 Å². The zero-order chi connectivity index (χ0) is 19.1. The fraction of sp³-hybridized carbons (Fsp3) is 0.217. The Labute approximate surface area is 177 Å². The van der Waals surface area contributed by atoms with Gasteiger partial charge >= 0.3 is 0 Å². The van der Waals surface area contributed by atoms with E-state index in [2.05, 4.69) is 36.5 Å². The van der Waals surface area contributed by atoms with Crippen molar-refractivity contribution in [2.75, 3.05) is 6.54 Å². The van der Waals surface area contributed by atoms with Gasteiger partial charge in [0.1, 0.15) is 18.2 Å². The second kappa shape index (κ2) is 11.1. The van der Waals surface area contributed by atoms with Crippen LogP contribution < -0.4 is 10.1 Å². The van der Waals surface area contributed by atoms with Crippen molar-refractivity contribution in [2.45, 2.75) is 26.5 Å². The molecule has 0 amide bonds. The monoisotopic (exact) mass is 419 g/mol. The van der Waals surface area contributed by atoms with Gasteiger partial charge in [0.15, 0.2) is 0 Å². The van der Waals surface area contributed by atoms with Crippen molar-refractivity contribution >= 4 is 24.0 Å². The van der Waals surface area contributed by atoms with E-state index in [4.69, 9.17) is 16.3 Å². The summed E-state index contributed by atoms with van der Waals surface area (Å²) in [6.07, 6.45) is 0.834. The maximum absolute atomic E-state index is 13.0. The molecule has 0 unspecified atom stereocenters. The van der Waals surface area contributed by atoms with Gasteiger partial charge in [0, 0.05) is 17.1 Å². The Kier molecular flexibility index (Phi) is 8.78. The average molecular weight is 420 g/mol. The van der Waals surface area contributed by atoms with Gasteiger partial charge in [-0.25, -0.2) is 4.39 Å².